The van der Waals surface area contributed by atoms with E-state index in [0.29, 0.717) is 27.2 Å². The molecule has 2 heterocycles. The number of nitrogens with zero attached hydrogens (tertiary/aromatic N) is 3. The van der Waals surface area contributed by atoms with Crippen LogP contribution in [-0.2, 0) is 0 Å². The Morgan fingerprint density at radius 1 is 0.935 bits per heavy atom. The van der Waals surface area contributed by atoms with Crippen molar-refractivity contribution in [1.82, 2.24) is 9.97 Å². The summed E-state index contributed by atoms with van der Waals surface area (Å²) in [6.45, 7) is 4.03. The fraction of sp³-hybridized carbons (Fsp3) is 0.261. The highest BCUT2D eigenvalue weighted by Gasteiger charge is 2.14. The van der Waals surface area contributed by atoms with Gasteiger partial charge >= 0.3 is 0 Å². The van der Waals surface area contributed by atoms with Gasteiger partial charge in [0.1, 0.15) is 5.82 Å². The van der Waals surface area contributed by atoms with Crippen molar-refractivity contribution in [2.75, 3.05) is 28.6 Å². The number of hydrogen-bond donors (Lipinski definition) is 2. The molecule has 0 atom stereocenters. The molecule has 1 aliphatic rings. The molecule has 8 heteroatoms. The number of benzene rings is 2. The molecule has 0 spiro atoms. The molecule has 6 nitrogen and oxygen atoms in total. The third-order valence-corrected chi connectivity index (χ3v) is 5.64. The molecule has 1 saturated heterocycles. The lowest BCUT2D eigenvalue weighted by molar-refractivity contribution is 0.102. The van der Waals surface area contributed by atoms with Crippen LogP contribution in [0.5, 0.6) is 0 Å². The number of carbonyl (C=O) groups is 1. The van der Waals surface area contributed by atoms with Crippen LogP contribution in [0.3, 0.4) is 0 Å². The summed E-state index contributed by atoms with van der Waals surface area (Å²) < 4.78 is 0. The summed E-state index contributed by atoms with van der Waals surface area (Å²) in [6, 6.07) is 14.2. The van der Waals surface area contributed by atoms with Gasteiger partial charge in [0, 0.05) is 41.2 Å². The number of anilines is 4. The Balaban J connectivity index is 1.44. The highest BCUT2D eigenvalue weighted by molar-refractivity contribution is 6.37. The van der Waals surface area contributed by atoms with Crippen LogP contribution < -0.4 is 15.5 Å². The summed E-state index contributed by atoms with van der Waals surface area (Å²) in [5, 5.41) is 6.89. The summed E-state index contributed by atoms with van der Waals surface area (Å²) in [5.41, 5.74) is 2.77. The molecule has 0 radical (unpaired) electrons. The fourth-order valence-corrected chi connectivity index (χ4v) is 4.03. The van der Waals surface area contributed by atoms with Crippen molar-refractivity contribution in [3.05, 3.63) is 69.8 Å². The Morgan fingerprint density at radius 2 is 1.65 bits per heavy atom. The van der Waals surface area contributed by atoms with E-state index in [1.165, 1.54) is 19.3 Å². The first-order valence-electron chi connectivity index (χ1n) is 10.2. The van der Waals surface area contributed by atoms with Gasteiger partial charge in [0.05, 0.1) is 10.6 Å². The van der Waals surface area contributed by atoms with Crippen LogP contribution in [0.25, 0.3) is 0 Å². The highest BCUT2D eigenvalue weighted by Crippen LogP contribution is 2.24. The van der Waals surface area contributed by atoms with E-state index in [2.05, 4.69) is 25.5 Å². The van der Waals surface area contributed by atoms with Crippen LogP contribution in [0.1, 0.15) is 35.3 Å². The summed E-state index contributed by atoms with van der Waals surface area (Å²) in [6.07, 6.45) is 3.67. The third kappa shape index (κ3) is 5.46. The predicted octanol–water partition coefficient (Wildman–Crippen LogP) is 6.08. The van der Waals surface area contributed by atoms with Gasteiger partial charge in [0.25, 0.3) is 5.91 Å². The first-order chi connectivity index (χ1) is 15.0. The second kappa shape index (κ2) is 9.54. The lowest BCUT2D eigenvalue weighted by Crippen LogP contribution is -2.30. The smallest absolute Gasteiger partial charge is 0.257 e. The van der Waals surface area contributed by atoms with Gasteiger partial charge in [-0.15, -0.1) is 0 Å². The summed E-state index contributed by atoms with van der Waals surface area (Å²) in [4.78, 5) is 24.0. The van der Waals surface area contributed by atoms with Crippen molar-refractivity contribution < 1.29 is 4.79 Å². The fourth-order valence-electron chi connectivity index (χ4n) is 3.53. The summed E-state index contributed by atoms with van der Waals surface area (Å²) >= 11 is 12.0. The van der Waals surface area contributed by atoms with E-state index in [4.69, 9.17) is 23.2 Å². The number of amides is 1. The van der Waals surface area contributed by atoms with Crippen LogP contribution in [0.4, 0.5) is 23.1 Å². The molecule has 2 aromatic carbocycles. The Labute approximate surface area is 191 Å². The summed E-state index contributed by atoms with van der Waals surface area (Å²) in [7, 11) is 0. The average Bonchev–Trinajstić information content (AvgIpc) is 2.75. The molecule has 31 heavy (non-hydrogen) atoms. The molecule has 0 aliphatic carbocycles. The maximum absolute atomic E-state index is 12.5. The van der Waals surface area contributed by atoms with Gasteiger partial charge < -0.3 is 15.5 Å². The molecule has 1 amide bonds. The SMILES string of the molecule is Cc1cc(N2CCCCC2)nc(Nc2ccc(NC(=O)c3ccc(Cl)cc3Cl)cc2)n1. The number of halogens is 2. The van der Waals surface area contributed by atoms with Gasteiger partial charge in [-0.2, -0.15) is 4.98 Å². The van der Waals surface area contributed by atoms with Crippen molar-refractivity contribution in [3.63, 3.8) is 0 Å². The van der Waals surface area contributed by atoms with Crippen LogP contribution >= 0.6 is 23.2 Å². The zero-order valence-electron chi connectivity index (χ0n) is 17.2. The van der Waals surface area contributed by atoms with Gasteiger partial charge in [-0.05, 0) is 68.7 Å². The Morgan fingerprint density at radius 3 is 2.35 bits per heavy atom. The van der Waals surface area contributed by atoms with E-state index in [0.717, 1.165) is 30.3 Å². The highest BCUT2D eigenvalue weighted by atomic mass is 35.5. The third-order valence-electron chi connectivity index (χ3n) is 5.10. The molecule has 0 bridgehead atoms. The lowest BCUT2D eigenvalue weighted by atomic mass is 10.1. The molecular formula is C23H23Cl2N5O. The standard InChI is InChI=1S/C23H23Cl2N5O/c1-15-13-21(30-11-3-2-4-12-30)29-23(26-15)28-18-8-6-17(7-9-18)27-22(31)19-10-5-16(24)14-20(19)25/h5-10,13-14H,2-4,11-12H2,1H3,(H,27,31)(H,26,28,29). The zero-order chi connectivity index (χ0) is 21.8. The second-order valence-corrected chi connectivity index (χ2v) is 8.36. The first kappa shape index (κ1) is 21.4. The predicted molar refractivity (Wildman–Crippen MR) is 127 cm³/mol. The molecule has 2 N–H and O–H groups in total. The van der Waals surface area contributed by atoms with E-state index in [1.807, 2.05) is 37.3 Å². The molecule has 4 rings (SSSR count). The van der Waals surface area contributed by atoms with Crippen LogP contribution in [0.15, 0.2) is 48.5 Å². The molecular weight excluding hydrogens is 433 g/mol. The van der Waals surface area contributed by atoms with E-state index >= 15 is 0 Å². The van der Waals surface area contributed by atoms with Gasteiger partial charge in [-0.1, -0.05) is 23.2 Å². The van der Waals surface area contributed by atoms with Crippen LogP contribution in [0, 0.1) is 6.92 Å². The average molecular weight is 456 g/mol. The number of hydrogen-bond acceptors (Lipinski definition) is 5. The lowest BCUT2D eigenvalue weighted by Gasteiger charge is -2.28. The topological polar surface area (TPSA) is 70.2 Å². The normalized spacial score (nSPS) is 13.7. The molecule has 1 fully saturated rings. The van der Waals surface area contributed by atoms with E-state index in [-0.39, 0.29) is 5.91 Å². The number of nitrogens with one attached hydrogen (secondary N) is 2. The van der Waals surface area contributed by atoms with Crippen molar-refractivity contribution in [3.8, 4) is 0 Å². The molecule has 0 unspecified atom stereocenters. The maximum Gasteiger partial charge on any atom is 0.257 e. The van der Waals surface area contributed by atoms with Gasteiger partial charge in [0.2, 0.25) is 5.95 Å². The van der Waals surface area contributed by atoms with Gasteiger partial charge in [0.15, 0.2) is 0 Å². The number of piperidine rings is 1. The number of aromatic nitrogens is 2. The molecule has 1 aromatic heterocycles. The second-order valence-electron chi connectivity index (χ2n) is 7.52. The number of carbonyl (C=O) groups excluding carboxylic acids is 1. The Kier molecular flexibility index (Phi) is 6.59. The van der Waals surface area contributed by atoms with Crippen molar-refractivity contribution >= 4 is 52.3 Å². The monoisotopic (exact) mass is 455 g/mol. The minimum Gasteiger partial charge on any atom is -0.356 e. The zero-order valence-corrected chi connectivity index (χ0v) is 18.7. The molecule has 3 aromatic rings. The van der Waals surface area contributed by atoms with Crippen molar-refractivity contribution in [1.29, 1.82) is 0 Å². The van der Waals surface area contributed by atoms with Crippen molar-refractivity contribution in [2.45, 2.75) is 26.2 Å². The molecule has 160 valence electrons. The minimum atomic E-state index is -0.296. The minimum absolute atomic E-state index is 0.296. The number of aryl methyl sites for hydroxylation is 1. The van der Waals surface area contributed by atoms with Crippen LogP contribution in [0.2, 0.25) is 10.0 Å². The quantitative estimate of drug-likeness (QED) is 0.487. The summed E-state index contributed by atoms with van der Waals surface area (Å²) in [5.74, 6) is 1.22. The van der Waals surface area contributed by atoms with Gasteiger partial charge in [-0.3, -0.25) is 4.79 Å². The first-order valence-corrected chi connectivity index (χ1v) is 11.0. The Bertz CT molecular complexity index is 1080. The Hall–Kier alpha value is -2.83. The van der Waals surface area contributed by atoms with E-state index in [1.54, 1.807) is 18.2 Å². The number of rotatable bonds is 5. The van der Waals surface area contributed by atoms with Crippen molar-refractivity contribution in [2.24, 2.45) is 0 Å². The van der Waals surface area contributed by atoms with Crippen LogP contribution in [-0.4, -0.2) is 29.0 Å². The molecule has 0 saturated carbocycles. The maximum atomic E-state index is 12.5. The largest absolute Gasteiger partial charge is 0.356 e. The molecule has 1 aliphatic heterocycles. The van der Waals surface area contributed by atoms with E-state index in [9.17, 15) is 4.79 Å². The van der Waals surface area contributed by atoms with Gasteiger partial charge in [-0.25, -0.2) is 4.98 Å². The van der Waals surface area contributed by atoms with E-state index < -0.39 is 0 Å².